The number of hydrogen-bond donors (Lipinski definition) is 0. The molecule has 96 valence electrons. The van der Waals surface area contributed by atoms with E-state index in [1.807, 2.05) is 39.3 Å². The van der Waals surface area contributed by atoms with Gasteiger partial charge in [0.2, 0.25) is 0 Å². The van der Waals surface area contributed by atoms with Crippen LogP contribution in [0.25, 0.3) is 12.2 Å². The molecular weight excluding hydrogens is 210 g/mol. The molecule has 0 atom stereocenters. The van der Waals surface area contributed by atoms with E-state index in [9.17, 15) is 4.79 Å². The molecule has 0 bridgehead atoms. The lowest BCUT2D eigenvalue weighted by molar-refractivity contribution is 0.101. The second kappa shape index (κ2) is 9.64. The molecule has 1 aromatic heterocycles. The predicted octanol–water partition coefficient (Wildman–Crippen LogP) is 4.57. The van der Waals surface area contributed by atoms with Crippen molar-refractivity contribution >= 4 is 17.9 Å². The van der Waals surface area contributed by atoms with E-state index in [1.165, 1.54) is 0 Å². The van der Waals surface area contributed by atoms with E-state index in [1.54, 1.807) is 25.3 Å². The highest BCUT2D eigenvalue weighted by molar-refractivity contribution is 5.98. The fourth-order valence-electron chi connectivity index (χ4n) is 1.41. The van der Waals surface area contributed by atoms with Gasteiger partial charge in [-0.15, -0.1) is 0 Å². The number of carbonyl (C=O) groups is 1. The second-order valence-electron chi connectivity index (χ2n) is 2.92. The van der Waals surface area contributed by atoms with Crippen LogP contribution in [0.4, 0.5) is 0 Å². The topological polar surface area (TPSA) is 22.0 Å². The molecule has 0 N–H and O–H groups in total. The van der Waals surface area contributed by atoms with Gasteiger partial charge in [-0.1, -0.05) is 46.9 Å². The Bertz CT molecular complexity index is 373. The van der Waals surface area contributed by atoms with Gasteiger partial charge in [0.05, 0.1) is 0 Å². The molecular formula is C15H25NO. The van der Waals surface area contributed by atoms with Crippen molar-refractivity contribution in [2.24, 2.45) is 7.05 Å². The fourth-order valence-corrected chi connectivity index (χ4v) is 1.41. The summed E-state index contributed by atoms with van der Waals surface area (Å²) in [6.45, 7) is 16.9. The number of rotatable bonds is 3. The summed E-state index contributed by atoms with van der Waals surface area (Å²) in [7, 11) is 1.89. The summed E-state index contributed by atoms with van der Waals surface area (Å²) in [6.07, 6.45) is 5.22. The van der Waals surface area contributed by atoms with Gasteiger partial charge >= 0.3 is 0 Å². The first-order valence-electron chi connectivity index (χ1n) is 6.07. The number of hydrogen-bond acceptors (Lipinski definition) is 1. The molecule has 0 spiro atoms. The third-order valence-electron chi connectivity index (χ3n) is 2.05. The fraction of sp³-hybridized carbons (Fsp3) is 0.400. The van der Waals surface area contributed by atoms with E-state index in [0.717, 1.165) is 11.3 Å². The smallest absolute Gasteiger partial charge is 0.161 e. The first kappa shape index (κ1) is 17.8. The molecule has 0 aliphatic heterocycles. The average molecular weight is 235 g/mol. The van der Waals surface area contributed by atoms with Gasteiger partial charge in [0, 0.05) is 30.1 Å². The summed E-state index contributed by atoms with van der Waals surface area (Å²) in [6, 6.07) is 0. The highest BCUT2D eigenvalue weighted by Gasteiger charge is 2.11. The van der Waals surface area contributed by atoms with Crippen LogP contribution >= 0.6 is 0 Å². The van der Waals surface area contributed by atoms with E-state index < -0.39 is 0 Å². The zero-order valence-corrected chi connectivity index (χ0v) is 12.0. The minimum Gasteiger partial charge on any atom is -0.350 e. The van der Waals surface area contributed by atoms with Gasteiger partial charge in [-0.25, -0.2) is 0 Å². The van der Waals surface area contributed by atoms with Crippen LogP contribution in [0.5, 0.6) is 0 Å². The van der Waals surface area contributed by atoms with E-state index in [-0.39, 0.29) is 5.78 Å². The van der Waals surface area contributed by atoms with Gasteiger partial charge < -0.3 is 4.57 Å². The Hall–Kier alpha value is -1.57. The highest BCUT2D eigenvalue weighted by atomic mass is 16.1. The number of Topliss-reactive ketones (excluding diaryl/α,β-unsaturated/α-hetero) is 1. The van der Waals surface area contributed by atoms with E-state index in [0.29, 0.717) is 5.56 Å². The maximum absolute atomic E-state index is 11.2. The Balaban J connectivity index is 0. The highest BCUT2D eigenvalue weighted by Crippen LogP contribution is 2.19. The van der Waals surface area contributed by atoms with Crippen molar-refractivity contribution in [2.45, 2.75) is 34.6 Å². The Morgan fingerprint density at radius 1 is 1.18 bits per heavy atom. The molecule has 0 aliphatic rings. The maximum atomic E-state index is 11.2. The van der Waals surface area contributed by atoms with Gasteiger partial charge in [-0.2, -0.15) is 0 Å². The number of aryl methyl sites for hydroxylation is 1. The number of nitrogens with zero attached hydrogens (tertiary/aromatic N) is 1. The Morgan fingerprint density at radius 3 is 1.94 bits per heavy atom. The summed E-state index contributed by atoms with van der Waals surface area (Å²) < 4.78 is 1.88. The largest absolute Gasteiger partial charge is 0.350 e. The van der Waals surface area contributed by atoms with Gasteiger partial charge in [0.15, 0.2) is 5.78 Å². The van der Waals surface area contributed by atoms with Crippen molar-refractivity contribution in [2.75, 3.05) is 0 Å². The number of ketones is 1. The zero-order chi connectivity index (χ0) is 14.0. The minimum atomic E-state index is 0.0543. The van der Waals surface area contributed by atoms with Gasteiger partial charge in [-0.3, -0.25) is 4.79 Å². The van der Waals surface area contributed by atoms with Crippen molar-refractivity contribution in [1.82, 2.24) is 4.57 Å². The molecule has 1 heterocycles. The lowest BCUT2D eigenvalue weighted by Crippen LogP contribution is -1.91. The summed E-state index contributed by atoms with van der Waals surface area (Å²) >= 11 is 0. The van der Waals surface area contributed by atoms with Crippen molar-refractivity contribution in [3.63, 3.8) is 0 Å². The van der Waals surface area contributed by atoms with Crippen molar-refractivity contribution < 1.29 is 4.79 Å². The molecule has 2 heteroatoms. The minimum absolute atomic E-state index is 0.0543. The summed E-state index contributed by atoms with van der Waals surface area (Å²) in [5.74, 6) is 0.0543. The maximum Gasteiger partial charge on any atom is 0.161 e. The van der Waals surface area contributed by atoms with Crippen LogP contribution in [0.2, 0.25) is 0 Å². The van der Waals surface area contributed by atoms with Gasteiger partial charge in [0.25, 0.3) is 0 Å². The molecule has 0 radical (unpaired) electrons. The lowest BCUT2D eigenvalue weighted by Gasteiger charge is -1.97. The van der Waals surface area contributed by atoms with E-state index >= 15 is 0 Å². The third kappa shape index (κ3) is 4.43. The van der Waals surface area contributed by atoms with Crippen LogP contribution in [-0.4, -0.2) is 10.4 Å². The molecule has 0 aromatic carbocycles. The van der Waals surface area contributed by atoms with E-state index in [2.05, 4.69) is 13.2 Å². The van der Waals surface area contributed by atoms with Gasteiger partial charge in [0.1, 0.15) is 0 Å². The molecule has 17 heavy (non-hydrogen) atoms. The van der Waals surface area contributed by atoms with Crippen molar-refractivity contribution in [3.05, 3.63) is 36.2 Å². The Labute approximate surface area is 106 Å². The zero-order valence-electron chi connectivity index (χ0n) is 12.0. The Morgan fingerprint density at radius 2 is 1.65 bits per heavy atom. The van der Waals surface area contributed by atoms with Crippen LogP contribution in [0.15, 0.2) is 19.4 Å². The summed E-state index contributed by atoms with van der Waals surface area (Å²) in [5, 5.41) is 0. The molecule has 2 nitrogen and oxygen atoms in total. The van der Waals surface area contributed by atoms with Gasteiger partial charge in [-0.05, 0) is 13.0 Å². The molecule has 1 aromatic rings. The second-order valence-corrected chi connectivity index (χ2v) is 2.92. The van der Waals surface area contributed by atoms with Crippen LogP contribution in [0, 0.1) is 0 Å². The first-order valence-corrected chi connectivity index (χ1v) is 6.07. The lowest BCUT2D eigenvalue weighted by atomic mass is 10.1. The average Bonchev–Trinajstić information content (AvgIpc) is 2.70. The SMILES string of the molecule is C=Cc1c(C(C)=O)cn(C)c1C=C.CC.CC. The Kier molecular flexibility index (Phi) is 10.1. The molecule has 1 rings (SSSR count). The summed E-state index contributed by atoms with van der Waals surface area (Å²) in [5.41, 5.74) is 2.50. The number of carbonyl (C=O) groups excluding carboxylic acids is 1. The van der Waals surface area contributed by atoms with Crippen LogP contribution in [0.3, 0.4) is 0 Å². The standard InChI is InChI=1S/C11H13NO.2C2H6/c1-5-9-10(8(3)13)7-12(4)11(9)6-2;2*1-2/h5-7H,1-2H2,3-4H3;2*1-2H3. The quantitative estimate of drug-likeness (QED) is 0.704. The van der Waals surface area contributed by atoms with E-state index in [4.69, 9.17) is 0 Å². The molecule has 0 unspecified atom stereocenters. The monoisotopic (exact) mass is 235 g/mol. The van der Waals surface area contributed by atoms with Crippen LogP contribution < -0.4 is 0 Å². The molecule has 0 aliphatic carbocycles. The summed E-state index contributed by atoms with van der Waals surface area (Å²) in [4.78, 5) is 11.2. The third-order valence-corrected chi connectivity index (χ3v) is 2.05. The predicted molar refractivity (Wildman–Crippen MR) is 78.3 cm³/mol. The molecule has 0 saturated carbocycles. The molecule has 0 saturated heterocycles. The number of aromatic nitrogens is 1. The van der Waals surface area contributed by atoms with Crippen LogP contribution in [0.1, 0.15) is 56.2 Å². The van der Waals surface area contributed by atoms with Crippen LogP contribution in [-0.2, 0) is 7.05 Å². The molecule has 0 amide bonds. The van der Waals surface area contributed by atoms with Crippen molar-refractivity contribution in [1.29, 1.82) is 0 Å². The normalized spacial score (nSPS) is 8.12. The molecule has 0 fully saturated rings. The first-order chi connectivity index (χ1) is 8.11. The van der Waals surface area contributed by atoms with Crippen molar-refractivity contribution in [3.8, 4) is 0 Å².